The molecule has 1 amide bonds. The van der Waals surface area contributed by atoms with Gasteiger partial charge in [-0.3, -0.25) is 9.78 Å². The average Bonchev–Trinajstić information content (AvgIpc) is 3.08. The van der Waals surface area contributed by atoms with E-state index in [4.69, 9.17) is 4.98 Å². The lowest BCUT2D eigenvalue weighted by atomic mass is 10.0. The van der Waals surface area contributed by atoms with Crippen molar-refractivity contribution in [2.75, 3.05) is 31.5 Å². The third-order valence-electron chi connectivity index (χ3n) is 6.71. The van der Waals surface area contributed by atoms with E-state index in [0.29, 0.717) is 11.8 Å². The highest BCUT2D eigenvalue weighted by molar-refractivity contribution is 7.22. The van der Waals surface area contributed by atoms with Gasteiger partial charge in [-0.15, -0.1) is 22.7 Å². The van der Waals surface area contributed by atoms with Gasteiger partial charge in [0.15, 0.2) is 0 Å². The fraction of sp³-hybridized carbons (Fsp3) is 0.500. The second-order valence-electron chi connectivity index (χ2n) is 8.82. The lowest BCUT2D eigenvalue weighted by molar-refractivity contribution is -0.116. The number of amides is 1. The summed E-state index contributed by atoms with van der Waals surface area (Å²) in [7, 11) is 0. The third-order valence-corrected chi connectivity index (χ3v) is 8.92. The Bertz CT molecular complexity index is 1080. The molecule has 0 radical (unpaired) electrons. The second kappa shape index (κ2) is 7.37. The maximum atomic E-state index is 12.8. The first-order chi connectivity index (χ1) is 14.7. The van der Waals surface area contributed by atoms with E-state index < -0.39 is 0 Å². The number of hydrogen-bond acceptors (Lipinski definition) is 7. The average molecular weight is 440 g/mol. The molecule has 0 atom stereocenters. The number of thiophene rings is 1. The standard InChI is InChI=1S/C22H25N5OS2/c28-18(3-9-27-10-6-22(13-27)4-5-22)26-21-19(14-1-7-24-12-17(14)30-21)20-25-15-11-23-8-2-16(15)29-20/h2,8,11,24H,1,3-7,9-10,12-13H2,(H,26,28). The summed E-state index contributed by atoms with van der Waals surface area (Å²) in [5.41, 5.74) is 4.01. The van der Waals surface area contributed by atoms with E-state index in [2.05, 4.69) is 20.5 Å². The minimum atomic E-state index is 0.113. The second-order valence-corrected chi connectivity index (χ2v) is 11.0. The number of carbonyl (C=O) groups excluding carboxylic acids is 1. The molecule has 30 heavy (non-hydrogen) atoms. The van der Waals surface area contributed by atoms with Crippen LogP contribution in [-0.4, -0.2) is 47.0 Å². The molecule has 0 unspecified atom stereocenters. The molecule has 5 heterocycles. The molecule has 2 fully saturated rings. The van der Waals surface area contributed by atoms with Crippen LogP contribution >= 0.6 is 22.7 Å². The van der Waals surface area contributed by atoms with Crippen molar-refractivity contribution >= 4 is 43.8 Å². The maximum absolute atomic E-state index is 12.8. The summed E-state index contributed by atoms with van der Waals surface area (Å²) in [5.74, 6) is 0.113. The lowest BCUT2D eigenvalue weighted by Gasteiger charge is -2.15. The predicted octanol–water partition coefficient (Wildman–Crippen LogP) is 3.88. The summed E-state index contributed by atoms with van der Waals surface area (Å²) in [4.78, 5) is 25.7. The van der Waals surface area contributed by atoms with E-state index in [9.17, 15) is 4.79 Å². The lowest BCUT2D eigenvalue weighted by Crippen LogP contribution is -2.26. The molecule has 6 rings (SSSR count). The van der Waals surface area contributed by atoms with E-state index in [0.717, 1.165) is 58.4 Å². The Morgan fingerprint density at radius 2 is 2.23 bits per heavy atom. The van der Waals surface area contributed by atoms with Crippen LogP contribution in [0.3, 0.4) is 0 Å². The highest BCUT2D eigenvalue weighted by Crippen LogP contribution is 2.52. The molecule has 1 saturated carbocycles. The van der Waals surface area contributed by atoms with Crippen molar-refractivity contribution < 1.29 is 4.79 Å². The first-order valence-electron chi connectivity index (χ1n) is 10.8. The summed E-state index contributed by atoms with van der Waals surface area (Å²) in [6, 6.07) is 2.01. The third kappa shape index (κ3) is 3.45. The molecular weight excluding hydrogens is 414 g/mol. The summed E-state index contributed by atoms with van der Waals surface area (Å²) in [6.07, 6.45) is 9.23. The van der Waals surface area contributed by atoms with E-state index in [1.807, 2.05) is 18.5 Å². The van der Waals surface area contributed by atoms with Crippen LogP contribution in [0.2, 0.25) is 0 Å². The van der Waals surface area contributed by atoms with Crippen molar-refractivity contribution in [2.24, 2.45) is 5.41 Å². The highest BCUT2D eigenvalue weighted by Gasteiger charge is 2.47. The van der Waals surface area contributed by atoms with Crippen molar-refractivity contribution in [3.05, 3.63) is 28.9 Å². The molecule has 3 aromatic heterocycles. The molecule has 2 N–H and O–H groups in total. The summed E-state index contributed by atoms with van der Waals surface area (Å²) >= 11 is 3.39. The molecule has 0 bridgehead atoms. The fourth-order valence-corrected chi connectivity index (χ4v) is 7.10. The molecule has 3 aliphatic rings. The van der Waals surface area contributed by atoms with Gasteiger partial charge in [-0.2, -0.15) is 0 Å². The van der Waals surface area contributed by atoms with Gasteiger partial charge >= 0.3 is 0 Å². The van der Waals surface area contributed by atoms with Crippen LogP contribution in [0.4, 0.5) is 5.00 Å². The molecular formula is C22H25N5OS2. The van der Waals surface area contributed by atoms with Crippen LogP contribution in [0.15, 0.2) is 18.5 Å². The number of thiazole rings is 1. The van der Waals surface area contributed by atoms with E-state index in [1.54, 1.807) is 22.7 Å². The Hall–Kier alpha value is -1.87. The van der Waals surface area contributed by atoms with Crippen LogP contribution < -0.4 is 10.6 Å². The Morgan fingerprint density at radius 1 is 1.30 bits per heavy atom. The number of anilines is 1. The molecule has 1 aliphatic carbocycles. The minimum absolute atomic E-state index is 0.113. The van der Waals surface area contributed by atoms with Crippen molar-refractivity contribution in [3.63, 3.8) is 0 Å². The van der Waals surface area contributed by atoms with Gasteiger partial charge in [-0.25, -0.2) is 4.98 Å². The number of fused-ring (bicyclic) bond motifs is 2. The van der Waals surface area contributed by atoms with Crippen molar-refractivity contribution in [1.29, 1.82) is 0 Å². The van der Waals surface area contributed by atoms with Crippen LogP contribution in [0.1, 0.15) is 36.1 Å². The van der Waals surface area contributed by atoms with Gasteiger partial charge in [0.25, 0.3) is 0 Å². The summed E-state index contributed by atoms with van der Waals surface area (Å²) < 4.78 is 1.13. The van der Waals surface area contributed by atoms with Crippen LogP contribution in [0.25, 0.3) is 20.8 Å². The monoisotopic (exact) mass is 439 g/mol. The first-order valence-corrected chi connectivity index (χ1v) is 12.4. The van der Waals surface area contributed by atoms with Gasteiger partial charge in [0.1, 0.15) is 15.5 Å². The summed E-state index contributed by atoms with van der Waals surface area (Å²) in [6.45, 7) is 5.03. The molecule has 3 aromatic rings. The molecule has 2 aliphatic heterocycles. The van der Waals surface area contributed by atoms with Crippen molar-refractivity contribution in [3.8, 4) is 10.6 Å². The molecule has 8 heteroatoms. The van der Waals surface area contributed by atoms with Crippen molar-refractivity contribution in [1.82, 2.24) is 20.2 Å². The zero-order valence-electron chi connectivity index (χ0n) is 16.9. The van der Waals surface area contributed by atoms with Gasteiger partial charge in [0.2, 0.25) is 5.91 Å². The van der Waals surface area contributed by atoms with E-state index in [1.165, 1.54) is 36.2 Å². The number of nitrogens with one attached hydrogen (secondary N) is 2. The predicted molar refractivity (Wildman–Crippen MR) is 122 cm³/mol. The quantitative estimate of drug-likeness (QED) is 0.631. The molecule has 1 saturated heterocycles. The smallest absolute Gasteiger partial charge is 0.226 e. The molecule has 1 spiro atoms. The summed E-state index contributed by atoms with van der Waals surface area (Å²) in [5, 5.41) is 8.65. The first kappa shape index (κ1) is 18.9. The Morgan fingerprint density at radius 3 is 3.07 bits per heavy atom. The Labute approximate surface area is 183 Å². The Kier molecular flexibility index (Phi) is 4.63. The van der Waals surface area contributed by atoms with Gasteiger partial charge in [-0.1, -0.05) is 0 Å². The van der Waals surface area contributed by atoms with Gasteiger partial charge in [0.05, 0.1) is 10.9 Å². The zero-order valence-corrected chi connectivity index (χ0v) is 18.5. The molecule has 6 nitrogen and oxygen atoms in total. The maximum Gasteiger partial charge on any atom is 0.226 e. The largest absolute Gasteiger partial charge is 0.317 e. The van der Waals surface area contributed by atoms with Crippen molar-refractivity contribution in [2.45, 2.75) is 38.6 Å². The van der Waals surface area contributed by atoms with E-state index in [-0.39, 0.29) is 5.91 Å². The Balaban J connectivity index is 1.24. The zero-order chi connectivity index (χ0) is 20.1. The van der Waals surface area contributed by atoms with Gasteiger partial charge in [-0.05, 0) is 55.8 Å². The fourth-order valence-electron chi connectivity index (χ4n) is 4.79. The number of pyridine rings is 1. The SMILES string of the molecule is O=C(CCN1CCC2(CC2)C1)Nc1sc2c(c1-c1nc3cnccc3s1)CCNC2. The molecule has 0 aromatic carbocycles. The normalized spacial score (nSPS) is 20.0. The highest BCUT2D eigenvalue weighted by atomic mass is 32.1. The number of aromatic nitrogens is 2. The number of likely N-dealkylation sites (tertiary alicyclic amines) is 1. The number of nitrogens with zero attached hydrogens (tertiary/aromatic N) is 3. The number of hydrogen-bond donors (Lipinski definition) is 2. The van der Waals surface area contributed by atoms with E-state index >= 15 is 0 Å². The van der Waals surface area contributed by atoms with Crippen LogP contribution in [-0.2, 0) is 17.8 Å². The van der Waals surface area contributed by atoms with Gasteiger partial charge < -0.3 is 15.5 Å². The number of carbonyl (C=O) groups is 1. The van der Waals surface area contributed by atoms with Gasteiger partial charge in [0, 0.05) is 42.7 Å². The molecule has 156 valence electrons. The van der Waals surface area contributed by atoms with Crippen LogP contribution in [0.5, 0.6) is 0 Å². The van der Waals surface area contributed by atoms with Crippen LogP contribution in [0, 0.1) is 5.41 Å². The topological polar surface area (TPSA) is 70.2 Å². The minimum Gasteiger partial charge on any atom is -0.317 e. The number of rotatable bonds is 5.